The van der Waals surface area contributed by atoms with Crippen molar-refractivity contribution in [3.63, 3.8) is 0 Å². The van der Waals surface area contributed by atoms with E-state index in [1.165, 1.54) is 0 Å². The number of nitrogens with zero attached hydrogens (tertiary/aromatic N) is 1. The highest BCUT2D eigenvalue weighted by molar-refractivity contribution is 5.96. The van der Waals surface area contributed by atoms with Gasteiger partial charge in [-0.2, -0.15) is 5.10 Å². The Labute approximate surface area is 127 Å². The van der Waals surface area contributed by atoms with Gasteiger partial charge in [0.2, 0.25) is 0 Å². The SMILES string of the molecule is O=C1NN=CC(c2ccccc2)(c2c[nH]c3ccccc23)N1. The lowest BCUT2D eigenvalue weighted by Crippen LogP contribution is -2.54. The van der Waals surface area contributed by atoms with Crippen molar-refractivity contribution in [2.24, 2.45) is 5.10 Å². The van der Waals surface area contributed by atoms with Crippen LogP contribution in [0.2, 0.25) is 0 Å². The molecule has 0 spiro atoms. The summed E-state index contributed by atoms with van der Waals surface area (Å²) in [5.41, 5.74) is 4.58. The van der Waals surface area contributed by atoms with Crippen LogP contribution >= 0.6 is 0 Å². The van der Waals surface area contributed by atoms with Gasteiger partial charge in [0.15, 0.2) is 0 Å². The first kappa shape index (κ1) is 12.6. The molecule has 2 aromatic carbocycles. The number of H-pyrrole nitrogens is 1. The Morgan fingerprint density at radius 3 is 2.55 bits per heavy atom. The maximum absolute atomic E-state index is 11.9. The largest absolute Gasteiger partial charge is 0.361 e. The molecule has 1 aromatic heterocycles. The maximum atomic E-state index is 11.9. The third-order valence-corrected chi connectivity index (χ3v) is 3.98. The standard InChI is InChI=1S/C17H14N4O/c22-16-20-17(11-19-21-16,12-6-2-1-3-7-12)14-10-18-15-9-5-4-8-13(14)15/h1-11,18H,(H2,20,21,22). The summed E-state index contributed by atoms with van der Waals surface area (Å²) in [6, 6.07) is 17.5. The first-order valence-corrected chi connectivity index (χ1v) is 7.04. The summed E-state index contributed by atoms with van der Waals surface area (Å²) in [4.78, 5) is 15.2. The molecule has 3 aromatic rings. The van der Waals surface area contributed by atoms with Crippen LogP contribution in [0.4, 0.5) is 4.79 Å². The number of hydrogen-bond acceptors (Lipinski definition) is 2. The molecule has 108 valence electrons. The van der Waals surface area contributed by atoms with Gasteiger partial charge >= 0.3 is 6.03 Å². The third kappa shape index (κ3) is 1.79. The minimum Gasteiger partial charge on any atom is -0.361 e. The van der Waals surface area contributed by atoms with E-state index in [4.69, 9.17) is 0 Å². The first-order valence-electron chi connectivity index (χ1n) is 7.04. The molecule has 1 unspecified atom stereocenters. The molecule has 4 rings (SSSR count). The van der Waals surface area contributed by atoms with Crippen molar-refractivity contribution in [3.05, 3.63) is 71.9 Å². The predicted octanol–water partition coefficient (Wildman–Crippen LogP) is 2.71. The molecule has 0 aliphatic carbocycles. The fourth-order valence-electron chi connectivity index (χ4n) is 2.96. The number of aromatic nitrogens is 1. The van der Waals surface area contributed by atoms with Gasteiger partial charge in [0.25, 0.3) is 0 Å². The number of carbonyl (C=O) groups is 1. The van der Waals surface area contributed by atoms with Crippen molar-refractivity contribution in [2.45, 2.75) is 5.54 Å². The second kappa shape index (κ2) is 4.73. The van der Waals surface area contributed by atoms with Crippen LogP contribution in [0.5, 0.6) is 0 Å². The van der Waals surface area contributed by atoms with E-state index in [0.29, 0.717) is 0 Å². The molecule has 0 fully saturated rings. The molecule has 0 saturated heterocycles. The van der Waals surface area contributed by atoms with Crippen LogP contribution in [-0.4, -0.2) is 17.2 Å². The average molecular weight is 290 g/mol. The second-order valence-corrected chi connectivity index (χ2v) is 5.25. The number of urea groups is 1. The Morgan fingerprint density at radius 2 is 1.73 bits per heavy atom. The van der Waals surface area contributed by atoms with Gasteiger partial charge in [0.05, 0.1) is 6.21 Å². The highest BCUT2D eigenvalue weighted by atomic mass is 16.2. The molecule has 0 bridgehead atoms. The zero-order chi connectivity index (χ0) is 15.0. The van der Waals surface area contributed by atoms with Crippen LogP contribution in [0.25, 0.3) is 10.9 Å². The van der Waals surface area contributed by atoms with Gasteiger partial charge in [-0.05, 0) is 11.6 Å². The molecule has 3 N–H and O–H groups in total. The fraction of sp³-hybridized carbons (Fsp3) is 0.0588. The molecule has 2 heterocycles. The quantitative estimate of drug-likeness (QED) is 0.667. The Hall–Kier alpha value is -3.08. The van der Waals surface area contributed by atoms with Gasteiger partial charge < -0.3 is 10.3 Å². The Balaban J connectivity index is 2.01. The van der Waals surface area contributed by atoms with Crippen LogP contribution in [-0.2, 0) is 5.54 Å². The topological polar surface area (TPSA) is 69.3 Å². The summed E-state index contributed by atoms with van der Waals surface area (Å²) in [6.07, 6.45) is 3.66. The van der Waals surface area contributed by atoms with E-state index in [0.717, 1.165) is 22.0 Å². The molecule has 1 aliphatic heterocycles. The Morgan fingerprint density at radius 1 is 0.955 bits per heavy atom. The van der Waals surface area contributed by atoms with E-state index in [2.05, 4.69) is 20.8 Å². The van der Waals surface area contributed by atoms with Gasteiger partial charge in [-0.25, -0.2) is 10.2 Å². The molecule has 0 saturated carbocycles. The average Bonchev–Trinajstić information content (AvgIpc) is 3.00. The number of fused-ring (bicyclic) bond motifs is 1. The number of aromatic amines is 1. The normalized spacial score (nSPS) is 20.6. The maximum Gasteiger partial charge on any atom is 0.336 e. The van der Waals surface area contributed by atoms with E-state index in [-0.39, 0.29) is 6.03 Å². The van der Waals surface area contributed by atoms with Gasteiger partial charge in [-0.15, -0.1) is 0 Å². The molecule has 5 nitrogen and oxygen atoms in total. The minimum atomic E-state index is -0.788. The number of rotatable bonds is 2. The van der Waals surface area contributed by atoms with Crippen molar-refractivity contribution >= 4 is 23.1 Å². The predicted molar refractivity (Wildman–Crippen MR) is 85.7 cm³/mol. The number of hydrazone groups is 1. The van der Waals surface area contributed by atoms with Crippen LogP contribution in [0.15, 0.2) is 65.9 Å². The molecule has 0 radical (unpaired) electrons. The monoisotopic (exact) mass is 290 g/mol. The zero-order valence-electron chi connectivity index (χ0n) is 11.7. The highest BCUT2D eigenvalue weighted by Gasteiger charge is 2.38. The summed E-state index contributed by atoms with van der Waals surface area (Å²) in [6.45, 7) is 0. The van der Waals surface area contributed by atoms with Crippen molar-refractivity contribution in [1.29, 1.82) is 0 Å². The Kier molecular flexibility index (Phi) is 2.72. The van der Waals surface area contributed by atoms with E-state index < -0.39 is 5.54 Å². The van der Waals surface area contributed by atoms with Crippen molar-refractivity contribution < 1.29 is 4.79 Å². The van der Waals surface area contributed by atoms with Gasteiger partial charge in [-0.1, -0.05) is 48.5 Å². The van der Waals surface area contributed by atoms with Crippen molar-refractivity contribution in [1.82, 2.24) is 15.7 Å². The van der Waals surface area contributed by atoms with Crippen molar-refractivity contribution in [2.75, 3.05) is 0 Å². The van der Waals surface area contributed by atoms with E-state index in [1.807, 2.05) is 60.8 Å². The molecule has 1 aliphatic rings. The second-order valence-electron chi connectivity index (χ2n) is 5.25. The van der Waals surface area contributed by atoms with Gasteiger partial charge in [0, 0.05) is 22.7 Å². The van der Waals surface area contributed by atoms with Gasteiger partial charge in [-0.3, -0.25) is 0 Å². The van der Waals surface area contributed by atoms with Crippen LogP contribution in [0, 0.1) is 0 Å². The lowest BCUT2D eigenvalue weighted by molar-refractivity contribution is 0.234. The summed E-state index contributed by atoms with van der Waals surface area (Å²) in [5.74, 6) is 0. The van der Waals surface area contributed by atoms with Crippen LogP contribution < -0.4 is 10.7 Å². The molecule has 2 amide bonds. The summed E-state index contributed by atoms with van der Waals surface area (Å²) >= 11 is 0. The third-order valence-electron chi connectivity index (χ3n) is 3.98. The molecule has 22 heavy (non-hydrogen) atoms. The molecule has 5 heteroatoms. The smallest absolute Gasteiger partial charge is 0.336 e. The van der Waals surface area contributed by atoms with E-state index >= 15 is 0 Å². The number of para-hydroxylation sites is 1. The fourth-order valence-corrected chi connectivity index (χ4v) is 2.96. The van der Waals surface area contributed by atoms with Crippen LogP contribution in [0.3, 0.4) is 0 Å². The minimum absolute atomic E-state index is 0.323. The van der Waals surface area contributed by atoms with E-state index in [9.17, 15) is 4.79 Å². The molecular weight excluding hydrogens is 276 g/mol. The molecule has 1 atom stereocenters. The summed E-state index contributed by atoms with van der Waals surface area (Å²) in [7, 11) is 0. The summed E-state index contributed by atoms with van der Waals surface area (Å²) in [5, 5.41) is 8.13. The number of amides is 2. The molecular formula is C17H14N4O. The van der Waals surface area contributed by atoms with Crippen molar-refractivity contribution in [3.8, 4) is 0 Å². The number of hydrogen-bond donors (Lipinski definition) is 3. The number of nitrogens with one attached hydrogen (secondary N) is 3. The lowest BCUT2D eigenvalue weighted by Gasteiger charge is -2.33. The summed E-state index contributed by atoms with van der Waals surface area (Å²) < 4.78 is 0. The van der Waals surface area contributed by atoms with Gasteiger partial charge in [0.1, 0.15) is 5.54 Å². The number of benzene rings is 2. The van der Waals surface area contributed by atoms with Crippen LogP contribution in [0.1, 0.15) is 11.1 Å². The zero-order valence-corrected chi connectivity index (χ0v) is 11.7. The van der Waals surface area contributed by atoms with E-state index in [1.54, 1.807) is 6.21 Å². The lowest BCUT2D eigenvalue weighted by atomic mass is 9.83. The number of carbonyl (C=O) groups excluding carboxylic acids is 1. The highest BCUT2D eigenvalue weighted by Crippen LogP contribution is 2.34. The Bertz CT molecular complexity index is 869. The first-order chi connectivity index (χ1) is 10.8.